The predicted molar refractivity (Wildman–Crippen MR) is 146 cm³/mol. The number of halogens is 2. The van der Waals surface area contributed by atoms with Crippen molar-refractivity contribution in [2.75, 3.05) is 44.8 Å². The van der Waals surface area contributed by atoms with Crippen molar-refractivity contribution in [2.24, 2.45) is 0 Å². The summed E-state index contributed by atoms with van der Waals surface area (Å²) in [5.41, 5.74) is 2.12. The molecule has 0 spiro atoms. The summed E-state index contributed by atoms with van der Waals surface area (Å²) < 4.78 is 6.60. The maximum absolute atomic E-state index is 13.3. The van der Waals surface area contributed by atoms with Crippen LogP contribution in [0.3, 0.4) is 0 Å². The maximum atomic E-state index is 13.3. The van der Waals surface area contributed by atoms with Crippen LogP contribution in [0.1, 0.15) is 31.2 Å². The third kappa shape index (κ3) is 6.50. The molecule has 196 valence electrons. The van der Waals surface area contributed by atoms with Gasteiger partial charge in [0, 0.05) is 58.9 Å². The Hall–Kier alpha value is -2.94. The van der Waals surface area contributed by atoms with Gasteiger partial charge in [-0.05, 0) is 48.2 Å². The van der Waals surface area contributed by atoms with E-state index in [9.17, 15) is 14.4 Å². The fourth-order valence-electron chi connectivity index (χ4n) is 4.68. The van der Waals surface area contributed by atoms with Gasteiger partial charge in [-0.15, -0.1) is 0 Å². The Morgan fingerprint density at radius 3 is 2.49 bits per heavy atom. The Bertz CT molecular complexity index is 1350. The van der Waals surface area contributed by atoms with Crippen LogP contribution in [0.4, 0.5) is 5.69 Å². The van der Waals surface area contributed by atoms with E-state index in [1.807, 2.05) is 29.2 Å². The van der Waals surface area contributed by atoms with E-state index in [1.54, 1.807) is 26.2 Å². The second-order valence-electron chi connectivity index (χ2n) is 9.27. The summed E-state index contributed by atoms with van der Waals surface area (Å²) in [5.74, 6) is -0.142. The summed E-state index contributed by atoms with van der Waals surface area (Å²) in [6.45, 7) is 4.65. The quantitative estimate of drug-likeness (QED) is 0.402. The van der Waals surface area contributed by atoms with Crippen LogP contribution in [0.5, 0.6) is 0 Å². The first-order chi connectivity index (χ1) is 17.8. The number of carbonyl (C=O) groups excluding carboxylic acids is 2. The molecule has 1 amide bonds. The van der Waals surface area contributed by atoms with E-state index >= 15 is 0 Å². The summed E-state index contributed by atoms with van der Waals surface area (Å²) >= 11 is 12.3. The number of carbonyl (C=O) groups is 2. The minimum atomic E-state index is -0.259. The zero-order valence-corrected chi connectivity index (χ0v) is 22.5. The van der Waals surface area contributed by atoms with Crippen LogP contribution >= 0.6 is 23.2 Å². The van der Waals surface area contributed by atoms with Gasteiger partial charge in [-0.2, -0.15) is 0 Å². The molecule has 37 heavy (non-hydrogen) atoms. The molecule has 2 heterocycles. The van der Waals surface area contributed by atoms with Gasteiger partial charge in [-0.3, -0.25) is 19.0 Å². The largest absolute Gasteiger partial charge is 0.385 e. The molecule has 0 N–H and O–H groups in total. The number of piperazine rings is 1. The van der Waals surface area contributed by atoms with E-state index in [1.165, 1.54) is 10.9 Å². The van der Waals surface area contributed by atoms with E-state index in [2.05, 4.69) is 9.88 Å². The number of aromatic nitrogens is 2. The highest BCUT2D eigenvalue weighted by Gasteiger charge is 2.21. The normalized spacial score (nSPS) is 14.7. The second-order valence-corrected chi connectivity index (χ2v) is 10.1. The molecule has 1 fully saturated rings. The number of fused-ring (bicyclic) bond motifs is 1. The SMILES string of the molecule is COCCC(CC(=O)Cn1cnc2ccc(N3CCN(C(C)=O)CC3)cc2c1=O)c1ccc(Cl)c(Cl)c1. The predicted octanol–water partition coefficient (Wildman–Crippen LogP) is 4.15. The number of Topliss-reactive ketones (excluding diaryl/α,β-unsaturated/α-hetero) is 1. The molecule has 0 bridgehead atoms. The zero-order valence-electron chi connectivity index (χ0n) is 21.0. The third-order valence-corrected chi connectivity index (χ3v) is 7.54. The van der Waals surface area contributed by atoms with E-state index < -0.39 is 0 Å². The van der Waals surface area contributed by atoms with Crippen molar-refractivity contribution in [3.8, 4) is 0 Å². The molecule has 0 aliphatic carbocycles. The van der Waals surface area contributed by atoms with Crippen LogP contribution in [0, 0.1) is 0 Å². The van der Waals surface area contributed by atoms with Crippen LogP contribution < -0.4 is 10.5 Å². The summed E-state index contributed by atoms with van der Waals surface area (Å²) in [6, 6.07) is 10.9. The van der Waals surface area contributed by atoms with Crippen molar-refractivity contribution in [1.29, 1.82) is 0 Å². The Morgan fingerprint density at radius 2 is 1.81 bits per heavy atom. The molecule has 10 heteroatoms. The highest BCUT2D eigenvalue weighted by molar-refractivity contribution is 6.42. The maximum Gasteiger partial charge on any atom is 0.261 e. The van der Waals surface area contributed by atoms with Crippen LogP contribution in [-0.2, 0) is 20.9 Å². The van der Waals surface area contributed by atoms with Gasteiger partial charge in [0.15, 0.2) is 5.78 Å². The van der Waals surface area contributed by atoms with Crippen LogP contribution in [0.2, 0.25) is 10.0 Å². The van der Waals surface area contributed by atoms with Crippen molar-refractivity contribution in [1.82, 2.24) is 14.5 Å². The van der Waals surface area contributed by atoms with Crippen LogP contribution in [-0.4, -0.2) is 66.0 Å². The third-order valence-electron chi connectivity index (χ3n) is 6.80. The standard InChI is InChI=1S/C27H30Cl2N4O4/c1-18(34)31-8-10-32(11-9-31)21-4-6-26-23(15-21)27(36)33(17-30-26)16-22(35)13-20(7-12-37-2)19-3-5-24(28)25(29)14-19/h3-6,14-15,17,20H,7-13,16H2,1-2H3. The van der Waals surface area contributed by atoms with Crippen molar-refractivity contribution >= 4 is 51.5 Å². The monoisotopic (exact) mass is 544 g/mol. The summed E-state index contributed by atoms with van der Waals surface area (Å²) in [4.78, 5) is 46.4. The zero-order chi connectivity index (χ0) is 26.5. The molecule has 1 aromatic heterocycles. The molecule has 1 unspecified atom stereocenters. The molecular weight excluding hydrogens is 515 g/mol. The molecule has 0 saturated carbocycles. The van der Waals surface area contributed by atoms with Crippen molar-refractivity contribution in [3.63, 3.8) is 0 Å². The van der Waals surface area contributed by atoms with E-state index in [-0.39, 0.29) is 36.1 Å². The number of hydrogen-bond donors (Lipinski definition) is 0. The van der Waals surface area contributed by atoms with E-state index in [4.69, 9.17) is 27.9 Å². The van der Waals surface area contributed by atoms with Gasteiger partial charge in [0.05, 0.1) is 33.8 Å². The smallest absolute Gasteiger partial charge is 0.261 e. The second kappa shape index (κ2) is 12.1. The number of hydrogen-bond acceptors (Lipinski definition) is 6. The number of amides is 1. The number of methoxy groups -OCH3 is 1. The first-order valence-electron chi connectivity index (χ1n) is 12.2. The molecule has 1 aliphatic rings. The number of benzene rings is 2. The van der Waals surface area contributed by atoms with Crippen molar-refractivity contribution in [3.05, 3.63) is 68.7 Å². The molecular formula is C27H30Cl2N4O4. The van der Waals surface area contributed by atoms with Crippen LogP contribution in [0.15, 0.2) is 47.5 Å². The molecule has 0 radical (unpaired) electrons. The van der Waals surface area contributed by atoms with Gasteiger partial charge in [-0.25, -0.2) is 4.98 Å². The minimum absolute atomic E-state index is 0.0681. The lowest BCUT2D eigenvalue weighted by atomic mass is 9.91. The fraction of sp³-hybridized carbons (Fsp3) is 0.407. The lowest BCUT2D eigenvalue weighted by Crippen LogP contribution is -2.48. The highest BCUT2D eigenvalue weighted by atomic mass is 35.5. The van der Waals surface area contributed by atoms with Gasteiger partial charge in [0.1, 0.15) is 0 Å². The number of rotatable bonds is 9. The molecule has 8 nitrogen and oxygen atoms in total. The first-order valence-corrected chi connectivity index (χ1v) is 13.0. The Kier molecular flexibility index (Phi) is 8.84. The van der Waals surface area contributed by atoms with Crippen molar-refractivity contribution < 1.29 is 14.3 Å². The Labute approximate surface area is 225 Å². The topological polar surface area (TPSA) is 84.7 Å². The minimum Gasteiger partial charge on any atom is -0.385 e. The summed E-state index contributed by atoms with van der Waals surface area (Å²) in [5, 5.41) is 1.35. The Balaban J connectivity index is 1.51. The molecule has 2 aromatic carbocycles. The number of ether oxygens (including phenoxy) is 1. The molecule has 4 rings (SSSR count). The lowest BCUT2D eigenvalue weighted by molar-refractivity contribution is -0.129. The molecule has 1 atom stereocenters. The summed E-state index contributed by atoms with van der Waals surface area (Å²) in [7, 11) is 1.62. The highest BCUT2D eigenvalue weighted by Crippen LogP contribution is 2.30. The molecule has 1 saturated heterocycles. The first kappa shape index (κ1) is 27.1. The van der Waals surface area contributed by atoms with Gasteiger partial charge in [0.2, 0.25) is 5.91 Å². The van der Waals surface area contributed by atoms with Crippen molar-refractivity contribution in [2.45, 2.75) is 32.2 Å². The van der Waals surface area contributed by atoms with Gasteiger partial charge >= 0.3 is 0 Å². The number of ketones is 1. The average molecular weight is 545 g/mol. The van der Waals surface area contributed by atoms with E-state index in [0.717, 1.165) is 11.3 Å². The lowest BCUT2D eigenvalue weighted by Gasteiger charge is -2.35. The fourth-order valence-corrected chi connectivity index (χ4v) is 4.98. The average Bonchev–Trinajstić information content (AvgIpc) is 2.89. The van der Waals surface area contributed by atoms with Gasteiger partial charge in [0.25, 0.3) is 5.56 Å². The molecule has 3 aromatic rings. The van der Waals surface area contributed by atoms with Gasteiger partial charge < -0.3 is 14.5 Å². The van der Waals surface area contributed by atoms with Crippen LogP contribution in [0.25, 0.3) is 10.9 Å². The Morgan fingerprint density at radius 1 is 1.05 bits per heavy atom. The van der Waals surface area contributed by atoms with Gasteiger partial charge in [-0.1, -0.05) is 29.3 Å². The molecule has 1 aliphatic heterocycles. The van der Waals surface area contributed by atoms with E-state index in [0.29, 0.717) is 60.2 Å². The number of anilines is 1. The summed E-state index contributed by atoms with van der Waals surface area (Å²) in [6.07, 6.45) is 2.29. The number of nitrogens with zero attached hydrogens (tertiary/aromatic N) is 4.